The second-order valence-electron chi connectivity index (χ2n) is 5.69. The molecule has 3 atom stereocenters. The van der Waals surface area contributed by atoms with E-state index in [1.54, 1.807) is 0 Å². The van der Waals surface area contributed by atoms with Crippen molar-refractivity contribution in [3.05, 3.63) is 0 Å². The van der Waals surface area contributed by atoms with Gasteiger partial charge in [0.25, 0.3) is 0 Å². The minimum atomic E-state index is -0.405. The number of hydrogen-bond acceptors (Lipinski definition) is 3. The van der Waals surface area contributed by atoms with Crippen LogP contribution in [-0.4, -0.2) is 28.2 Å². The smallest absolute Gasteiger partial charge is 0.132 e. The summed E-state index contributed by atoms with van der Waals surface area (Å²) in [5.41, 5.74) is 0. The van der Waals surface area contributed by atoms with Gasteiger partial charge < -0.3 is 10.2 Å². The largest absolute Gasteiger partial charge is 0.393 e. The van der Waals surface area contributed by atoms with E-state index in [1.807, 2.05) is 0 Å². The molecule has 0 heterocycles. The van der Waals surface area contributed by atoms with Crippen molar-refractivity contribution in [2.45, 2.75) is 83.3 Å². The van der Waals surface area contributed by atoms with Gasteiger partial charge in [0.1, 0.15) is 5.78 Å². The zero-order valence-corrected chi connectivity index (χ0v) is 11.6. The van der Waals surface area contributed by atoms with E-state index in [4.69, 9.17) is 0 Å². The van der Waals surface area contributed by atoms with Crippen LogP contribution in [-0.2, 0) is 4.79 Å². The maximum Gasteiger partial charge on any atom is 0.132 e. The highest BCUT2D eigenvalue weighted by molar-refractivity contribution is 5.78. The Balaban J connectivity index is 2.03. The molecule has 106 valence electrons. The molecule has 1 saturated carbocycles. The molecule has 1 aliphatic rings. The normalized spacial score (nSPS) is 27.6. The molecule has 0 amide bonds. The topological polar surface area (TPSA) is 57.5 Å². The maximum absolute atomic E-state index is 11.7. The van der Waals surface area contributed by atoms with Gasteiger partial charge in [-0.3, -0.25) is 4.79 Å². The van der Waals surface area contributed by atoms with Gasteiger partial charge in [0.15, 0.2) is 0 Å². The first-order chi connectivity index (χ1) is 8.63. The minimum Gasteiger partial charge on any atom is -0.393 e. The number of unbranched alkanes of at least 4 members (excludes halogenated alkanes) is 4. The summed E-state index contributed by atoms with van der Waals surface area (Å²) < 4.78 is 0. The van der Waals surface area contributed by atoms with Gasteiger partial charge in [0, 0.05) is 12.8 Å². The summed E-state index contributed by atoms with van der Waals surface area (Å²) in [7, 11) is 0. The third-order valence-corrected chi connectivity index (χ3v) is 3.99. The first-order valence-corrected chi connectivity index (χ1v) is 7.51. The number of Topliss-reactive ketones (excluding diaryl/α,β-unsaturated/α-hetero) is 1. The van der Waals surface area contributed by atoms with Crippen LogP contribution in [0.1, 0.15) is 71.1 Å². The van der Waals surface area contributed by atoms with E-state index in [0.717, 1.165) is 19.3 Å². The van der Waals surface area contributed by atoms with Gasteiger partial charge in [-0.2, -0.15) is 0 Å². The van der Waals surface area contributed by atoms with Gasteiger partial charge in [-0.25, -0.2) is 0 Å². The molecular formula is C15H28O3. The van der Waals surface area contributed by atoms with Crippen molar-refractivity contribution in [2.75, 3.05) is 0 Å². The highest BCUT2D eigenvalue weighted by Gasteiger charge is 2.31. The molecule has 0 aliphatic heterocycles. The molecule has 3 nitrogen and oxygen atoms in total. The van der Waals surface area contributed by atoms with E-state index in [-0.39, 0.29) is 12.0 Å². The van der Waals surface area contributed by atoms with Crippen molar-refractivity contribution in [2.24, 2.45) is 5.92 Å². The third kappa shape index (κ3) is 5.96. The van der Waals surface area contributed by atoms with Crippen molar-refractivity contribution in [1.29, 1.82) is 0 Å². The van der Waals surface area contributed by atoms with Crippen LogP contribution in [0.4, 0.5) is 0 Å². The summed E-state index contributed by atoms with van der Waals surface area (Å²) in [5.74, 6) is 0.448. The molecule has 1 aliphatic carbocycles. The molecule has 1 fully saturated rings. The molecule has 0 aromatic carbocycles. The highest BCUT2D eigenvalue weighted by atomic mass is 16.3. The van der Waals surface area contributed by atoms with Crippen LogP contribution in [0.3, 0.4) is 0 Å². The Labute approximate surface area is 111 Å². The van der Waals surface area contributed by atoms with Gasteiger partial charge in [0.2, 0.25) is 0 Å². The third-order valence-electron chi connectivity index (χ3n) is 3.99. The number of carbonyl (C=O) groups excluding carboxylic acids is 1. The van der Waals surface area contributed by atoms with Crippen LogP contribution >= 0.6 is 0 Å². The zero-order valence-electron chi connectivity index (χ0n) is 11.6. The molecule has 0 saturated heterocycles. The number of rotatable bonds is 9. The molecule has 18 heavy (non-hydrogen) atoms. The average Bonchev–Trinajstić information content (AvgIpc) is 2.65. The first-order valence-electron chi connectivity index (χ1n) is 7.51. The summed E-state index contributed by atoms with van der Waals surface area (Å²) in [5, 5.41) is 19.1. The lowest BCUT2D eigenvalue weighted by Gasteiger charge is -2.12. The highest BCUT2D eigenvalue weighted by Crippen LogP contribution is 2.29. The number of aliphatic hydroxyl groups excluding tert-OH is 2. The summed E-state index contributed by atoms with van der Waals surface area (Å²) in [6, 6.07) is 0. The van der Waals surface area contributed by atoms with E-state index >= 15 is 0 Å². The van der Waals surface area contributed by atoms with Crippen molar-refractivity contribution in [3.8, 4) is 0 Å². The molecule has 1 rings (SSSR count). The van der Waals surface area contributed by atoms with Gasteiger partial charge in [-0.15, -0.1) is 0 Å². The fraction of sp³-hybridized carbons (Fsp3) is 0.933. The fourth-order valence-corrected chi connectivity index (χ4v) is 2.78. The molecule has 2 N–H and O–H groups in total. The Morgan fingerprint density at radius 2 is 1.78 bits per heavy atom. The molecule has 3 heteroatoms. The summed E-state index contributed by atoms with van der Waals surface area (Å²) >= 11 is 0. The Morgan fingerprint density at radius 3 is 2.39 bits per heavy atom. The summed E-state index contributed by atoms with van der Waals surface area (Å²) in [6.07, 6.45) is 8.27. The van der Waals surface area contributed by atoms with E-state index in [0.29, 0.717) is 31.5 Å². The number of hydrogen-bond donors (Lipinski definition) is 2. The van der Waals surface area contributed by atoms with E-state index in [1.165, 1.54) is 19.3 Å². The number of ketones is 1. The molecule has 1 unspecified atom stereocenters. The second-order valence-corrected chi connectivity index (χ2v) is 5.69. The quantitative estimate of drug-likeness (QED) is 0.624. The van der Waals surface area contributed by atoms with Crippen LogP contribution in [0.25, 0.3) is 0 Å². The van der Waals surface area contributed by atoms with Crippen LogP contribution in [0.15, 0.2) is 0 Å². The summed E-state index contributed by atoms with van der Waals surface area (Å²) in [4.78, 5) is 11.7. The Kier molecular flexibility index (Phi) is 7.52. The van der Waals surface area contributed by atoms with Crippen molar-refractivity contribution < 1.29 is 15.0 Å². The number of carbonyl (C=O) groups is 1. The summed E-state index contributed by atoms with van der Waals surface area (Å²) in [6.45, 7) is 2.19. The zero-order chi connectivity index (χ0) is 13.4. The maximum atomic E-state index is 11.7. The van der Waals surface area contributed by atoms with Gasteiger partial charge in [-0.05, 0) is 31.6 Å². The SMILES string of the molecule is CCCCCCCC(=O)CC[C@@H]1CC(O)C[C@@H]1O. The second kappa shape index (κ2) is 8.65. The average molecular weight is 256 g/mol. The van der Waals surface area contributed by atoms with Crippen LogP contribution in [0, 0.1) is 5.92 Å². The molecule has 0 aromatic rings. The Morgan fingerprint density at radius 1 is 1.06 bits per heavy atom. The van der Waals surface area contributed by atoms with Crippen molar-refractivity contribution in [3.63, 3.8) is 0 Å². The molecule has 0 aromatic heterocycles. The lowest BCUT2D eigenvalue weighted by Crippen LogP contribution is -2.14. The van der Waals surface area contributed by atoms with Crippen LogP contribution in [0.2, 0.25) is 0 Å². The molecular weight excluding hydrogens is 228 g/mol. The van der Waals surface area contributed by atoms with E-state index < -0.39 is 6.10 Å². The molecule has 0 radical (unpaired) electrons. The monoisotopic (exact) mass is 256 g/mol. The van der Waals surface area contributed by atoms with Crippen LogP contribution in [0.5, 0.6) is 0 Å². The minimum absolute atomic E-state index is 0.129. The van der Waals surface area contributed by atoms with E-state index in [2.05, 4.69) is 6.92 Å². The first kappa shape index (κ1) is 15.6. The lowest BCUT2D eigenvalue weighted by atomic mass is 9.96. The lowest BCUT2D eigenvalue weighted by molar-refractivity contribution is -0.119. The predicted octanol–water partition coefficient (Wildman–Crippen LogP) is 2.83. The van der Waals surface area contributed by atoms with Gasteiger partial charge >= 0.3 is 0 Å². The predicted molar refractivity (Wildman–Crippen MR) is 72.4 cm³/mol. The van der Waals surface area contributed by atoms with Crippen molar-refractivity contribution >= 4 is 5.78 Å². The van der Waals surface area contributed by atoms with Crippen molar-refractivity contribution in [1.82, 2.24) is 0 Å². The molecule has 0 spiro atoms. The number of aliphatic hydroxyl groups is 2. The van der Waals surface area contributed by atoms with Crippen LogP contribution < -0.4 is 0 Å². The Hall–Kier alpha value is -0.410. The standard InChI is InChI=1S/C15H28O3/c1-2-3-4-5-6-7-13(16)9-8-12-10-14(17)11-15(12)18/h12,14-15,17-18H,2-11H2,1H3/t12-,14?,15+/m1/s1. The van der Waals surface area contributed by atoms with Gasteiger partial charge in [-0.1, -0.05) is 32.6 Å². The Bertz CT molecular complexity index is 240. The van der Waals surface area contributed by atoms with Gasteiger partial charge in [0.05, 0.1) is 12.2 Å². The molecule has 0 bridgehead atoms. The fourth-order valence-electron chi connectivity index (χ4n) is 2.78. The van der Waals surface area contributed by atoms with E-state index in [9.17, 15) is 15.0 Å².